The van der Waals surface area contributed by atoms with Crippen LogP contribution in [0.4, 0.5) is 4.79 Å². The molecule has 0 aromatic carbocycles. The minimum atomic E-state index is -0.617. The third-order valence-electron chi connectivity index (χ3n) is 9.17. The number of piperidine rings is 1. The maximum absolute atomic E-state index is 13.3. The Morgan fingerprint density at radius 1 is 0.804 bits per heavy atom. The molecular weight excluding hydrogens is 726 g/mol. The van der Waals surface area contributed by atoms with Crippen LogP contribution >= 0.6 is 0 Å². The van der Waals surface area contributed by atoms with Crippen molar-refractivity contribution in [3.05, 3.63) is 75.6 Å². The number of aldehydes is 1. The van der Waals surface area contributed by atoms with Crippen LogP contribution in [-0.2, 0) is 29.2 Å². The summed E-state index contributed by atoms with van der Waals surface area (Å²) in [5.74, 6) is 2.34. The lowest BCUT2D eigenvalue weighted by atomic mass is 10.0. The van der Waals surface area contributed by atoms with Crippen LogP contribution < -0.4 is 30.1 Å². The van der Waals surface area contributed by atoms with Crippen molar-refractivity contribution in [2.45, 2.75) is 64.9 Å². The molecule has 18 nitrogen and oxygen atoms in total. The zero-order valence-corrected chi connectivity index (χ0v) is 32.0. The molecule has 0 spiro atoms. The summed E-state index contributed by atoms with van der Waals surface area (Å²) in [6, 6.07) is 5.23. The second kappa shape index (κ2) is 17.5. The predicted molar refractivity (Wildman–Crippen MR) is 203 cm³/mol. The number of amides is 1. The molecule has 296 valence electrons. The fourth-order valence-electron chi connectivity index (χ4n) is 6.39. The Morgan fingerprint density at radius 3 is 1.96 bits per heavy atom. The van der Waals surface area contributed by atoms with Crippen molar-refractivity contribution in [2.75, 3.05) is 47.1 Å². The summed E-state index contributed by atoms with van der Waals surface area (Å²) in [5, 5.41) is 0. The summed E-state index contributed by atoms with van der Waals surface area (Å²) in [6.45, 7) is 9.58. The highest BCUT2D eigenvalue weighted by molar-refractivity contribution is 5.73. The van der Waals surface area contributed by atoms with E-state index in [1.54, 1.807) is 41.1 Å². The number of hydrogen-bond donors (Lipinski definition) is 0. The van der Waals surface area contributed by atoms with Gasteiger partial charge in [-0.2, -0.15) is 0 Å². The number of ether oxygens (including phenoxy) is 5. The van der Waals surface area contributed by atoms with Gasteiger partial charge in [0.1, 0.15) is 36.6 Å². The molecule has 0 bridgehead atoms. The second-order valence-electron chi connectivity index (χ2n) is 14.1. The summed E-state index contributed by atoms with van der Waals surface area (Å²) in [7, 11) is 3.07. The molecule has 7 heterocycles. The summed E-state index contributed by atoms with van der Waals surface area (Å²) in [4.78, 5) is 72.9. The zero-order valence-electron chi connectivity index (χ0n) is 32.0. The Kier molecular flexibility index (Phi) is 12.4. The van der Waals surface area contributed by atoms with Gasteiger partial charge >= 0.3 is 6.09 Å². The van der Waals surface area contributed by atoms with E-state index in [4.69, 9.17) is 23.7 Å². The Hall–Kier alpha value is -6.17. The van der Waals surface area contributed by atoms with Crippen LogP contribution in [0.15, 0.2) is 58.8 Å². The average Bonchev–Trinajstić information content (AvgIpc) is 3.20. The SMILES string of the molecule is COc1cnc2ncc(=O)n(CC=O)c2c1.COc1cnc2ncc(=O)n(CCN3CCC(N(Cc4cc5c(cn4)OCCO5)C(=O)OC(C)(C)C)CC3)c2c1. The topological polar surface area (TPSA) is 195 Å². The molecule has 2 aliphatic rings. The van der Waals surface area contributed by atoms with Gasteiger partial charge < -0.3 is 37.9 Å². The molecule has 0 N–H and O–H groups in total. The second-order valence-corrected chi connectivity index (χ2v) is 14.1. The lowest BCUT2D eigenvalue weighted by Gasteiger charge is -2.39. The monoisotopic (exact) mass is 771 g/mol. The van der Waals surface area contributed by atoms with E-state index in [1.807, 2.05) is 26.8 Å². The normalized spacial score (nSPS) is 14.4. The highest BCUT2D eigenvalue weighted by Gasteiger charge is 2.32. The standard InChI is InChI=1S/C28H36N6O6.C10H9N3O3/c1-28(2,3)40-27(36)34(18-19-13-23-24(16-29-19)39-12-11-38-23)20-5-7-32(8-6-20)9-10-33-22-14-21(37-4)15-30-26(22)31-17-25(33)35;1-16-7-4-8-10(11-5-7)12-6-9(15)13(8)2-3-14/h13-17,20H,5-12,18H2,1-4H3;3-6H,2H2,1H3. The summed E-state index contributed by atoms with van der Waals surface area (Å²) < 4.78 is 30.3. The summed E-state index contributed by atoms with van der Waals surface area (Å²) >= 11 is 0. The molecule has 56 heavy (non-hydrogen) atoms. The van der Waals surface area contributed by atoms with Crippen molar-refractivity contribution in [1.82, 2.24) is 43.9 Å². The van der Waals surface area contributed by atoms with E-state index in [2.05, 4.69) is 29.8 Å². The Bertz CT molecular complexity index is 2300. The molecule has 2 aliphatic heterocycles. The number of rotatable bonds is 10. The quantitative estimate of drug-likeness (QED) is 0.188. The lowest BCUT2D eigenvalue weighted by Crippen LogP contribution is -2.49. The van der Waals surface area contributed by atoms with Gasteiger partial charge in [0.2, 0.25) is 0 Å². The van der Waals surface area contributed by atoms with Crippen LogP contribution in [0.25, 0.3) is 22.3 Å². The van der Waals surface area contributed by atoms with Gasteiger partial charge in [-0.25, -0.2) is 24.7 Å². The average molecular weight is 772 g/mol. The Labute approximate surface area is 322 Å². The number of carbonyl (C=O) groups excluding carboxylic acids is 2. The highest BCUT2D eigenvalue weighted by atomic mass is 16.6. The fourth-order valence-corrected chi connectivity index (χ4v) is 6.39. The number of likely N-dealkylation sites (tertiary alicyclic amines) is 1. The number of methoxy groups -OCH3 is 2. The van der Waals surface area contributed by atoms with Crippen LogP contribution in [0, 0.1) is 0 Å². The molecule has 0 unspecified atom stereocenters. The van der Waals surface area contributed by atoms with Gasteiger partial charge in [0.15, 0.2) is 22.8 Å². The first-order chi connectivity index (χ1) is 27.0. The minimum Gasteiger partial charge on any atom is -0.495 e. The third kappa shape index (κ3) is 9.55. The maximum Gasteiger partial charge on any atom is 0.410 e. The van der Waals surface area contributed by atoms with Crippen molar-refractivity contribution in [3.8, 4) is 23.0 Å². The molecule has 0 atom stereocenters. The molecule has 1 amide bonds. The van der Waals surface area contributed by atoms with Gasteiger partial charge in [-0.15, -0.1) is 0 Å². The number of hydrogen-bond acceptors (Lipinski definition) is 15. The first-order valence-corrected chi connectivity index (χ1v) is 18.2. The fraction of sp³-hybridized carbons (Fsp3) is 0.447. The molecule has 1 saturated heterocycles. The number of aromatic nitrogens is 7. The van der Waals surface area contributed by atoms with Crippen molar-refractivity contribution in [1.29, 1.82) is 0 Å². The van der Waals surface area contributed by atoms with Crippen LogP contribution in [-0.4, -0.2) is 115 Å². The summed E-state index contributed by atoms with van der Waals surface area (Å²) in [5.41, 5.74) is 1.61. The van der Waals surface area contributed by atoms with Crippen molar-refractivity contribution in [3.63, 3.8) is 0 Å². The molecule has 7 rings (SSSR count). The summed E-state index contributed by atoms with van der Waals surface area (Å²) in [6.07, 6.45) is 9.02. The van der Waals surface area contributed by atoms with E-state index in [1.165, 1.54) is 24.1 Å². The molecular formula is C38H45N9O9. The first-order valence-electron chi connectivity index (χ1n) is 18.2. The van der Waals surface area contributed by atoms with Crippen LogP contribution in [0.3, 0.4) is 0 Å². The van der Waals surface area contributed by atoms with Gasteiger partial charge in [-0.3, -0.25) is 24.0 Å². The van der Waals surface area contributed by atoms with Crippen molar-refractivity contribution < 1.29 is 33.3 Å². The predicted octanol–water partition coefficient (Wildman–Crippen LogP) is 2.87. The maximum atomic E-state index is 13.3. The van der Waals surface area contributed by atoms with Gasteiger partial charge in [0.05, 0.1) is 75.0 Å². The number of pyridine rings is 3. The lowest BCUT2D eigenvalue weighted by molar-refractivity contribution is -0.108. The van der Waals surface area contributed by atoms with E-state index in [0.29, 0.717) is 90.2 Å². The number of fused-ring (bicyclic) bond motifs is 3. The number of nitrogens with zero attached hydrogens (tertiary/aromatic N) is 9. The minimum absolute atomic E-state index is 0.0148. The smallest absolute Gasteiger partial charge is 0.410 e. The molecule has 5 aromatic rings. The van der Waals surface area contributed by atoms with Gasteiger partial charge in [0, 0.05) is 50.4 Å². The van der Waals surface area contributed by atoms with Crippen molar-refractivity contribution >= 4 is 34.7 Å². The zero-order chi connectivity index (χ0) is 39.8. The largest absolute Gasteiger partial charge is 0.495 e. The van der Waals surface area contributed by atoms with Crippen molar-refractivity contribution in [2.24, 2.45) is 0 Å². The molecule has 0 saturated carbocycles. The molecule has 0 aliphatic carbocycles. The van der Waals surface area contributed by atoms with E-state index in [9.17, 15) is 19.2 Å². The van der Waals surface area contributed by atoms with E-state index in [0.717, 1.165) is 32.1 Å². The number of carbonyl (C=O) groups is 2. The van der Waals surface area contributed by atoms with Gasteiger partial charge in [-0.05, 0) is 33.6 Å². The van der Waals surface area contributed by atoms with E-state index < -0.39 is 5.60 Å². The molecule has 0 radical (unpaired) electrons. The third-order valence-corrected chi connectivity index (χ3v) is 9.17. The van der Waals surface area contributed by atoms with Crippen LogP contribution in [0.2, 0.25) is 0 Å². The van der Waals surface area contributed by atoms with E-state index >= 15 is 0 Å². The highest BCUT2D eigenvalue weighted by Crippen LogP contribution is 2.31. The van der Waals surface area contributed by atoms with E-state index in [-0.39, 0.29) is 29.8 Å². The molecule has 1 fully saturated rings. The first kappa shape index (κ1) is 39.5. The van der Waals surface area contributed by atoms with Crippen LogP contribution in [0.5, 0.6) is 23.0 Å². The Balaban J connectivity index is 0.000000277. The molecule has 18 heteroatoms. The molecule has 5 aromatic heterocycles. The van der Waals surface area contributed by atoms with Gasteiger partial charge in [-0.1, -0.05) is 0 Å². The van der Waals surface area contributed by atoms with Crippen LogP contribution in [0.1, 0.15) is 39.3 Å². The van der Waals surface area contributed by atoms with Gasteiger partial charge in [0.25, 0.3) is 11.1 Å². The Morgan fingerprint density at radius 2 is 1.38 bits per heavy atom.